The summed E-state index contributed by atoms with van der Waals surface area (Å²) in [4.78, 5) is 11.7. The lowest BCUT2D eigenvalue weighted by molar-refractivity contribution is -0.163. The van der Waals surface area contributed by atoms with Gasteiger partial charge in [-0.25, -0.2) is 0 Å². The fourth-order valence-electron chi connectivity index (χ4n) is 1.34. The molecule has 0 N–H and O–H groups in total. The van der Waals surface area contributed by atoms with Crippen LogP contribution in [0.4, 0.5) is 0 Å². The Morgan fingerprint density at radius 2 is 1.36 bits per heavy atom. The van der Waals surface area contributed by atoms with Gasteiger partial charge in [-0.2, -0.15) is 0 Å². The van der Waals surface area contributed by atoms with E-state index in [1.807, 2.05) is 20.8 Å². The van der Waals surface area contributed by atoms with Crippen molar-refractivity contribution in [2.24, 2.45) is 17.3 Å². The van der Waals surface area contributed by atoms with Crippen LogP contribution >= 0.6 is 0 Å². The fourth-order valence-corrected chi connectivity index (χ4v) is 1.34. The highest BCUT2D eigenvalue weighted by Gasteiger charge is 2.29. The Kier molecular flexibility index (Phi) is 4.63. The molecule has 2 heteroatoms. The van der Waals surface area contributed by atoms with E-state index in [2.05, 4.69) is 27.7 Å². The van der Waals surface area contributed by atoms with Crippen molar-refractivity contribution in [2.75, 3.05) is 0 Å². The molecule has 0 aliphatic rings. The summed E-state index contributed by atoms with van der Waals surface area (Å²) < 4.78 is 5.50. The van der Waals surface area contributed by atoms with Crippen LogP contribution in [-0.4, -0.2) is 12.1 Å². The summed E-state index contributed by atoms with van der Waals surface area (Å²) in [6.07, 6.45) is 0.0294. The van der Waals surface area contributed by atoms with Crippen molar-refractivity contribution < 1.29 is 9.53 Å². The van der Waals surface area contributed by atoms with Gasteiger partial charge >= 0.3 is 5.97 Å². The molecule has 0 saturated heterocycles. The highest BCUT2D eigenvalue weighted by atomic mass is 16.5. The molecule has 0 atom stereocenters. The molecule has 0 aromatic rings. The molecule has 2 nitrogen and oxygen atoms in total. The topological polar surface area (TPSA) is 26.3 Å². The van der Waals surface area contributed by atoms with E-state index in [1.54, 1.807) is 0 Å². The molecule has 0 heterocycles. The summed E-state index contributed by atoms with van der Waals surface area (Å²) >= 11 is 0. The average Bonchev–Trinajstić information content (AvgIpc) is 1.96. The minimum atomic E-state index is -0.401. The first-order valence-electron chi connectivity index (χ1n) is 5.37. The molecule has 0 aliphatic carbocycles. The molecule has 0 fully saturated rings. The van der Waals surface area contributed by atoms with Crippen LogP contribution in [0.1, 0.15) is 48.5 Å². The minimum absolute atomic E-state index is 0.0294. The first-order valence-corrected chi connectivity index (χ1v) is 5.37. The lowest BCUT2D eigenvalue weighted by Gasteiger charge is -2.28. The Balaban J connectivity index is 4.40. The predicted octanol–water partition coefficient (Wildman–Crippen LogP) is 3.26. The maximum atomic E-state index is 11.7. The Morgan fingerprint density at radius 1 is 1.00 bits per heavy atom. The lowest BCUT2D eigenvalue weighted by atomic mass is 9.94. The van der Waals surface area contributed by atoms with Crippen LogP contribution in [0.3, 0.4) is 0 Å². The zero-order chi connectivity index (χ0) is 11.5. The zero-order valence-corrected chi connectivity index (χ0v) is 10.5. The van der Waals surface area contributed by atoms with Crippen LogP contribution in [0, 0.1) is 17.3 Å². The van der Waals surface area contributed by atoms with E-state index in [-0.39, 0.29) is 12.1 Å². The van der Waals surface area contributed by atoms with Crippen LogP contribution in [0.5, 0.6) is 0 Å². The molecule has 0 radical (unpaired) electrons. The molecule has 14 heavy (non-hydrogen) atoms. The van der Waals surface area contributed by atoms with E-state index < -0.39 is 5.41 Å². The van der Waals surface area contributed by atoms with Gasteiger partial charge in [0.1, 0.15) is 6.10 Å². The average molecular weight is 200 g/mol. The predicted molar refractivity (Wildman–Crippen MR) is 59.0 cm³/mol. The van der Waals surface area contributed by atoms with Crippen LogP contribution in [0.15, 0.2) is 0 Å². The number of esters is 1. The number of rotatable bonds is 3. The molecule has 84 valence electrons. The Morgan fingerprint density at radius 3 is 1.57 bits per heavy atom. The molecule has 0 aromatic carbocycles. The molecule has 0 bridgehead atoms. The maximum Gasteiger partial charge on any atom is 0.311 e. The zero-order valence-electron chi connectivity index (χ0n) is 10.5. The molecule has 0 rings (SSSR count). The van der Waals surface area contributed by atoms with Crippen LogP contribution in [0.2, 0.25) is 0 Å². The van der Waals surface area contributed by atoms with E-state index in [9.17, 15) is 4.79 Å². The SMILES string of the molecule is CC(C)C(OC(=O)C(C)(C)C)C(C)C. The molecule has 0 aliphatic heterocycles. The van der Waals surface area contributed by atoms with Gasteiger partial charge in [-0.15, -0.1) is 0 Å². The minimum Gasteiger partial charge on any atom is -0.461 e. The second-order valence-corrected chi connectivity index (χ2v) is 5.61. The first kappa shape index (κ1) is 13.5. The van der Waals surface area contributed by atoms with Crippen molar-refractivity contribution in [3.05, 3.63) is 0 Å². The monoisotopic (exact) mass is 200 g/mol. The molecule has 0 amide bonds. The first-order chi connectivity index (χ1) is 6.16. The van der Waals surface area contributed by atoms with Crippen molar-refractivity contribution in [1.29, 1.82) is 0 Å². The van der Waals surface area contributed by atoms with Crippen LogP contribution < -0.4 is 0 Å². The fraction of sp³-hybridized carbons (Fsp3) is 0.917. The summed E-state index contributed by atoms with van der Waals surface area (Å²) in [5.74, 6) is 0.646. The summed E-state index contributed by atoms with van der Waals surface area (Å²) in [5.41, 5.74) is -0.401. The van der Waals surface area contributed by atoms with Gasteiger partial charge in [0.25, 0.3) is 0 Å². The molecular weight excluding hydrogens is 176 g/mol. The van der Waals surface area contributed by atoms with E-state index >= 15 is 0 Å². The molecule has 0 saturated carbocycles. The van der Waals surface area contributed by atoms with Crippen LogP contribution in [0.25, 0.3) is 0 Å². The van der Waals surface area contributed by atoms with E-state index in [4.69, 9.17) is 4.74 Å². The van der Waals surface area contributed by atoms with Gasteiger partial charge in [0, 0.05) is 0 Å². The van der Waals surface area contributed by atoms with E-state index in [0.717, 1.165) is 0 Å². The standard InChI is InChI=1S/C12H24O2/c1-8(2)10(9(3)4)14-11(13)12(5,6)7/h8-10H,1-7H3. The van der Waals surface area contributed by atoms with Gasteiger partial charge in [-0.3, -0.25) is 4.79 Å². The Bertz CT molecular complexity index is 179. The largest absolute Gasteiger partial charge is 0.461 e. The summed E-state index contributed by atoms with van der Waals surface area (Å²) in [7, 11) is 0. The Labute approximate surface area is 88.0 Å². The van der Waals surface area contributed by atoms with Crippen molar-refractivity contribution in [2.45, 2.75) is 54.6 Å². The molecule has 0 spiro atoms. The third-order valence-corrected chi connectivity index (χ3v) is 2.17. The number of hydrogen-bond donors (Lipinski definition) is 0. The normalized spacial score (nSPS) is 12.7. The quantitative estimate of drug-likeness (QED) is 0.654. The van der Waals surface area contributed by atoms with Crippen molar-refractivity contribution in [1.82, 2.24) is 0 Å². The smallest absolute Gasteiger partial charge is 0.311 e. The second kappa shape index (κ2) is 4.81. The van der Waals surface area contributed by atoms with E-state index in [0.29, 0.717) is 11.8 Å². The lowest BCUT2D eigenvalue weighted by Crippen LogP contribution is -2.34. The molecular formula is C12H24O2. The third kappa shape index (κ3) is 4.12. The number of ether oxygens (including phenoxy) is 1. The maximum absolute atomic E-state index is 11.7. The summed E-state index contributed by atoms with van der Waals surface area (Å²) in [6, 6.07) is 0. The highest BCUT2D eigenvalue weighted by molar-refractivity contribution is 5.75. The van der Waals surface area contributed by atoms with Gasteiger partial charge in [0.05, 0.1) is 5.41 Å². The van der Waals surface area contributed by atoms with Gasteiger partial charge in [-0.1, -0.05) is 27.7 Å². The van der Waals surface area contributed by atoms with E-state index in [1.165, 1.54) is 0 Å². The van der Waals surface area contributed by atoms with Crippen molar-refractivity contribution >= 4 is 5.97 Å². The number of carbonyl (C=O) groups is 1. The highest BCUT2D eigenvalue weighted by Crippen LogP contribution is 2.22. The van der Waals surface area contributed by atoms with Gasteiger partial charge in [0.15, 0.2) is 0 Å². The van der Waals surface area contributed by atoms with Gasteiger partial charge in [0.2, 0.25) is 0 Å². The van der Waals surface area contributed by atoms with Gasteiger partial charge in [-0.05, 0) is 32.6 Å². The number of hydrogen-bond acceptors (Lipinski definition) is 2. The second-order valence-electron chi connectivity index (χ2n) is 5.61. The van der Waals surface area contributed by atoms with Crippen molar-refractivity contribution in [3.8, 4) is 0 Å². The number of carbonyl (C=O) groups excluding carboxylic acids is 1. The molecule has 0 unspecified atom stereocenters. The summed E-state index contributed by atoms with van der Waals surface area (Å²) in [6.45, 7) is 14.0. The molecule has 0 aromatic heterocycles. The Hall–Kier alpha value is -0.530. The van der Waals surface area contributed by atoms with Crippen molar-refractivity contribution in [3.63, 3.8) is 0 Å². The third-order valence-electron chi connectivity index (χ3n) is 2.17. The van der Waals surface area contributed by atoms with Crippen LogP contribution in [-0.2, 0) is 9.53 Å². The summed E-state index contributed by atoms with van der Waals surface area (Å²) in [5, 5.41) is 0. The van der Waals surface area contributed by atoms with Gasteiger partial charge < -0.3 is 4.74 Å².